The summed E-state index contributed by atoms with van der Waals surface area (Å²) in [6.07, 6.45) is -4.07. The SMILES string of the molecule is CN=C(NCCNC(=O)c1ccc(C(F)(F)F)cc1)NCC1CC(=O)Nc2ccccc21.I. The summed E-state index contributed by atoms with van der Waals surface area (Å²) in [6, 6.07) is 11.7. The lowest BCUT2D eigenvalue weighted by Gasteiger charge is -2.26. The van der Waals surface area contributed by atoms with E-state index < -0.39 is 17.6 Å². The molecule has 33 heavy (non-hydrogen) atoms. The number of para-hydroxylation sites is 1. The van der Waals surface area contributed by atoms with Crippen LogP contribution in [0.1, 0.15) is 33.8 Å². The number of aliphatic imine (C=N–C) groups is 1. The zero-order chi connectivity index (χ0) is 23.1. The fourth-order valence-electron chi connectivity index (χ4n) is 3.39. The van der Waals surface area contributed by atoms with E-state index >= 15 is 0 Å². The first kappa shape index (κ1) is 26.4. The molecule has 0 aliphatic carbocycles. The van der Waals surface area contributed by atoms with Crippen LogP contribution < -0.4 is 21.3 Å². The molecule has 1 unspecified atom stereocenters. The van der Waals surface area contributed by atoms with Gasteiger partial charge in [0.15, 0.2) is 5.96 Å². The number of amides is 2. The molecule has 0 spiro atoms. The Hall–Kier alpha value is -2.83. The van der Waals surface area contributed by atoms with E-state index in [1.807, 2.05) is 24.3 Å². The monoisotopic (exact) mass is 575 g/mol. The molecule has 0 bridgehead atoms. The molecule has 0 radical (unpaired) electrons. The minimum Gasteiger partial charge on any atom is -0.356 e. The molecule has 0 saturated heterocycles. The number of hydrogen-bond donors (Lipinski definition) is 4. The lowest BCUT2D eigenvalue weighted by molar-refractivity contribution is -0.137. The Morgan fingerprint density at radius 1 is 1.06 bits per heavy atom. The summed E-state index contributed by atoms with van der Waals surface area (Å²) >= 11 is 0. The molecule has 1 aliphatic rings. The topological polar surface area (TPSA) is 94.6 Å². The number of nitrogens with zero attached hydrogens (tertiary/aromatic N) is 1. The van der Waals surface area contributed by atoms with Crippen LogP contribution in [-0.4, -0.2) is 44.5 Å². The first-order valence-electron chi connectivity index (χ1n) is 10.1. The van der Waals surface area contributed by atoms with Crippen LogP contribution in [0.25, 0.3) is 0 Å². The van der Waals surface area contributed by atoms with Gasteiger partial charge in [0.05, 0.1) is 5.56 Å². The molecular formula is C22H25F3IN5O2. The molecule has 3 rings (SSSR count). The van der Waals surface area contributed by atoms with Crippen molar-refractivity contribution in [2.75, 3.05) is 32.0 Å². The van der Waals surface area contributed by atoms with Crippen molar-refractivity contribution in [3.8, 4) is 0 Å². The average molecular weight is 575 g/mol. The largest absolute Gasteiger partial charge is 0.416 e. The first-order chi connectivity index (χ1) is 15.3. The van der Waals surface area contributed by atoms with E-state index in [0.29, 0.717) is 25.5 Å². The Bertz CT molecular complexity index is 996. The summed E-state index contributed by atoms with van der Waals surface area (Å²) in [5.41, 5.74) is 1.21. The smallest absolute Gasteiger partial charge is 0.356 e. The summed E-state index contributed by atoms with van der Waals surface area (Å²) in [6.45, 7) is 1.10. The maximum absolute atomic E-state index is 12.6. The molecule has 2 aromatic rings. The summed E-state index contributed by atoms with van der Waals surface area (Å²) in [4.78, 5) is 28.2. The van der Waals surface area contributed by atoms with Crippen molar-refractivity contribution in [1.29, 1.82) is 0 Å². The lowest BCUT2D eigenvalue weighted by atomic mass is 9.90. The number of carbonyl (C=O) groups excluding carboxylic acids is 2. The Kier molecular flexibility index (Phi) is 9.50. The third kappa shape index (κ3) is 7.34. The third-order valence-corrected chi connectivity index (χ3v) is 5.02. The number of hydrogen-bond acceptors (Lipinski definition) is 3. The zero-order valence-corrected chi connectivity index (χ0v) is 20.2. The summed E-state index contributed by atoms with van der Waals surface area (Å²) < 4.78 is 37.8. The van der Waals surface area contributed by atoms with E-state index in [1.54, 1.807) is 7.05 Å². The van der Waals surface area contributed by atoms with Gasteiger partial charge in [-0.05, 0) is 35.9 Å². The van der Waals surface area contributed by atoms with E-state index in [9.17, 15) is 22.8 Å². The number of benzene rings is 2. The quantitative estimate of drug-likeness (QED) is 0.184. The normalized spacial score (nSPS) is 15.6. The minimum absolute atomic E-state index is 0. The predicted molar refractivity (Wildman–Crippen MR) is 131 cm³/mol. The van der Waals surface area contributed by atoms with Crippen molar-refractivity contribution in [2.45, 2.75) is 18.5 Å². The molecule has 178 valence electrons. The van der Waals surface area contributed by atoms with Crippen molar-refractivity contribution in [3.05, 3.63) is 65.2 Å². The maximum Gasteiger partial charge on any atom is 0.416 e. The number of fused-ring (bicyclic) bond motifs is 1. The van der Waals surface area contributed by atoms with Gasteiger partial charge < -0.3 is 21.3 Å². The van der Waals surface area contributed by atoms with Gasteiger partial charge in [-0.1, -0.05) is 18.2 Å². The van der Waals surface area contributed by atoms with E-state index in [2.05, 4.69) is 26.3 Å². The lowest BCUT2D eigenvalue weighted by Crippen LogP contribution is -2.43. The molecule has 0 saturated carbocycles. The van der Waals surface area contributed by atoms with Crippen molar-refractivity contribution in [3.63, 3.8) is 0 Å². The summed E-state index contributed by atoms with van der Waals surface area (Å²) in [7, 11) is 1.61. The van der Waals surface area contributed by atoms with E-state index in [1.165, 1.54) is 0 Å². The maximum atomic E-state index is 12.6. The minimum atomic E-state index is -4.44. The standard InChI is InChI=1S/C22H24F3N5O2.HI/c1-26-21(29-13-15-12-19(31)30-18-5-3-2-4-17(15)18)28-11-10-27-20(32)14-6-8-16(9-7-14)22(23,24)25;/h2-9,15H,10-13H2,1H3,(H,27,32)(H,30,31)(H2,26,28,29);1H. The van der Waals surface area contributed by atoms with Crippen LogP contribution in [0.5, 0.6) is 0 Å². The van der Waals surface area contributed by atoms with Crippen LogP contribution in [0.3, 0.4) is 0 Å². The van der Waals surface area contributed by atoms with Crippen LogP contribution in [0.2, 0.25) is 0 Å². The highest BCUT2D eigenvalue weighted by atomic mass is 127. The van der Waals surface area contributed by atoms with Crippen LogP contribution in [0, 0.1) is 0 Å². The molecule has 0 aromatic heterocycles. The summed E-state index contributed by atoms with van der Waals surface area (Å²) in [5.74, 6) is 0.00726. The number of rotatable bonds is 6. The first-order valence-corrected chi connectivity index (χ1v) is 10.1. The molecule has 0 fully saturated rings. The van der Waals surface area contributed by atoms with Crippen LogP contribution >= 0.6 is 24.0 Å². The second-order valence-electron chi connectivity index (χ2n) is 7.25. The van der Waals surface area contributed by atoms with E-state index in [4.69, 9.17) is 0 Å². The van der Waals surface area contributed by atoms with Gasteiger partial charge in [-0.3, -0.25) is 14.6 Å². The van der Waals surface area contributed by atoms with Crippen molar-refractivity contribution in [1.82, 2.24) is 16.0 Å². The fourth-order valence-corrected chi connectivity index (χ4v) is 3.39. The predicted octanol–water partition coefficient (Wildman–Crippen LogP) is 3.34. The molecule has 2 aromatic carbocycles. The van der Waals surface area contributed by atoms with Crippen LogP contribution in [0.4, 0.5) is 18.9 Å². The molecule has 7 nitrogen and oxygen atoms in total. The fraction of sp³-hybridized carbons (Fsp3) is 0.318. The number of halogens is 4. The van der Waals surface area contributed by atoms with E-state index in [0.717, 1.165) is 35.5 Å². The Labute approximate surface area is 206 Å². The number of anilines is 1. The van der Waals surface area contributed by atoms with Gasteiger partial charge in [-0.15, -0.1) is 24.0 Å². The molecule has 1 atom stereocenters. The van der Waals surface area contributed by atoms with E-state index in [-0.39, 0.29) is 47.9 Å². The Morgan fingerprint density at radius 3 is 2.39 bits per heavy atom. The zero-order valence-electron chi connectivity index (χ0n) is 17.8. The van der Waals surface area contributed by atoms with Gasteiger partial charge in [-0.2, -0.15) is 13.2 Å². The van der Waals surface area contributed by atoms with Crippen molar-refractivity contribution >= 4 is 47.4 Å². The molecule has 4 N–H and O–H groups in total. The van der Waals surface area contributed by atoms with Gasteiger partial charge >= 0.3 is 6.18 Å². The van der Waals surface area contributed by atoms with Crippen molar-refractivity contribution < 1.29 is 22.8 Å². The molecule has 2 amide bonds. The highest BCUT2D eigenvalue weighted by Gasteiger charge is 2.30. The van der Waals surface area contributed by atoms with Gasteiger partial charge in [0, 0.05) is 50.3 Å². The molecule has 11 heteroatoms. The summed E-state index contributed by atoms with van der Waals surface area (Å²) in [5, 5.41) is 11.7. The highest BCUT2D eigenvalue weighted by Crippen LogP contribution is 2.31. The Balaban J connectivity index is 0.00000385. The molecular weight excluding hydrogens is 550 g/mol. The van der Waals surface area contributed by atoms with Crippen molar-refractivity contribution in [2.24, 2.45) is 4.99 Å². The third-order valence-electron chi connectivity index (χ3n) is 5.02. The second kappa shape index (κ2) is 11.9. The van der Waals surface area contributed by atoms with Gasteiger partial charge in [0.2, 0.25) is 5.91 Å². The van der Waals surface area contributed by atoms with Gasteiger partial charge in [-0.25, -0.2) is 0 Å². The molecule has 1 heterocycles. The van der Waals surface area contributed by atoms with Crippen LogP contribution in [0.15, 0.2) is 53.5 Å². The number of nitrogens with one attached hydrogen (secondary N) is 4. The number of alkyl halides is 3. The number of carbonyl (C=O) groups is 2. The highest BCUT2D eigenvalue weighted by molar-refractivity contribution is 14.0. The van der Waals surface area contributed by atoms with Crippen LogP contribution in [-0.2, 0) is 11.0 Å². The second-order valence-corrected chi connectivity index (χ2v) is 7.25. The molecule has 1 aliphatic heterocycles. The van der Waals surface area contributed by atoms with Gasteiger partial charge in [0.1, 0.15) is 0 Å². The Morgan fingerprint density at radius 2 is 1.73 bits per heavy atom. The average Bonchev–Trinajstić information content (AvgIpc) is 2.77. The number of guanidine groups is 1. The van der Waals surface area contributed by atoms with Gasteiger partial charge in [0.25, 0.3) is 5.91 Å².